The summed E-state index contributed by atoms with van der Waals surface area (Å²) in [6, 6.07) is 19.7. The number of halogens is 1. The Labute approximate surface area is 197 Å². The Hall–Kier alpha value is -4.11. The van der Waals surface area contributed by atoms with Crippen molar-refractivity contribution >= 4 is 51.5 Å². The van der Waals surface area contributed by atoms with Crippen LogP contribution in [0.3, 0.4) is 0 Å². The largest absolute Gasteiger partial charge is 0.322 e. The minimum atomic E-state index is -0.664. The topological polar surface area (TPSA) is 113 Å². The summed E-state index contributed by atoms with van der Waals surface area (Å²) in [4.78, 5) is 53.7. The number of fused-ring (bicyclic) bond motifs is 1. The van der Waals surface area contributed by atoms with Gasteiger partial charge >= 0.3 is 0 Å². The molecule has 0 bridgehead atoms. The van der Waals surface area contributed by atoms with Crippen molar-refractivity contribution in [3.05, 3.63) is 99.5 Å². The monoisotopic (exact) mass is 504 g/mol. The second-order valence-corrected chi connectivity index (χ2v) is 8.04. The lowest BCUT2D eigenvalue weighted by atomic mass is 10.0. The predicted molar refractivity (Wildman–Crippen MR) is 126 cm³/mol. The molecule has 0 unspecified atom stereocenters. The number of nitrogens with two attached hydrogens (primary N) is 1. The van der Waals surface area contributed by atoms with E-state index in [1.807, 2.05) is 0 Å². The molecule has 4 rings (SSSR count). The summed E-state index contributed by atoms with van der Waals surface area (Å²) in [5.74, 6) is 3.22. The first-order valence-electron chi connectivity index (χ1n) is 9.82. The molecule has 1 aliphatic heterocycles. The standard InChI is InChI=1S/C24H17BrN4O4/c25-16-10-11-20(19(12-16)22(31)15-6-2-1-3-7-15)29(14-27-26)21(30)13-28-23(32)17-8-4-5-9-18(17)24(28)33/h1-12,14H,13,26H2. The van der Waals surface area contributed by atoms with Gasteiger partial charge in [0.05, 0.1) is 16.8 Å². The molecule has 0 radical (unpaired) electrons. The van der Waals surface area contributed by atoms with E-state index < -0.39 is 24.3 Å². The maximum absolute atomic E-state index is 13.2. The Balaban J connectivity index is 1.69. The molecule has 0 atom stereocenters. The van der Waals surface area contributed by atoms with Gasteiger partial charge in [0.25, 0.3) is 17.7 Å². The maximum atomic E-state index is 13.2. The number of nitrogens with zero attached hydrogens (tertiary/aromatic N) is 3. The molecule has 33 heavy (non-hydrogen) atoms. The summed E-state index contributed by atoms with van der Waals surface area (Å²) in [7, 11) is 0. The lowest BCUT2D eigenvalue weighted by Gasteiger charge is -2.23. The Kier molecular flexibility index (Phi) is 6.14. The fourth-order valence-corrected chi connectivity index (χ4v) is 3.93. The van der Waals surface area contributed by atoms with Gasteiger partial charge in [-0.1, -0.05) is 58.4 Å². The zero-order valence-electron chi connectivity index (χ0n) is 17.1. The van der Waals surface area contributed by atoms with Gasteiger partial charge in [-0.3, -0.25) is 29.0 Å². The zero-order valence-corrected chi connectivity index (χ0v) is 18.7. The molecule has 0 aromatic heterocycles. The predicted octanol–water partition coefficient (Wildman–Crippen LogP) is 3.21. The van der Waals surface area contributed by atoms with Crippen LogP contribution in [0.5, 0.6) is 0 Å². The minimum absolute atomic E-state index is 0.211. The molecule has 1 aliphatic rings. The van der Waals surface area contributed by atoms with Crippen LogP contribution in [0.15, 0.2) is 82.4 Å². The molecule has 3 amide bonds. The van der Waals surface area contributed by atoms with Crippen LogP contribution in [-0.4, -0.2) is 41.3 Å². The van der Waals surface area contributed by atoms with Crippen molar-refractivity contribution in [1.82, 2.24) is 4.90 Å². The average molecular weight is 505 g/mol. The fraction of sp³-hybridized carbons (Fsp3) is 0.0417. The maximum Gasteiger partial charge on any atom is 0.262 e. The highest BCUT2D eigenvalue weighted by Gasteiger charge is 2.37. The number of amides is 3. The molecule has 0 fully saturated rings. The Morgan fingerprint density at radius 2 is 1.55 bits per heavy atom. The molecule has 164 valence electrons. The van der Waals surface area contributed by atoms with Crippen LogP contribution in [-0.2, 0) is 4.79 Å². The van der Waals surface area contributed by atoms with Gasteiger partial charge in [0.15, 0.2) is 5.78 Å². The van der Waals surface area contributed by atoms with Crippen molar-refractivity contribution in [2.45, 2.75) is 0 Å². The van der Waals surface area contributed by atoms with Gasteiger partial charge in [-0.15, -0.1) is 0 Å². The third-order valence-corrected chi connectivity index (χ3v) is 5.61. The third-order valence-electron chi connectivity index (χ3n) is 5.12. The summed E-state index contributed by atoms with van der Waals surface area (Å²) < 4.78 is 0.628. The van der Waals surface area contributed by atoms with Crippen molar-refractivity contribution in [2.75, 3.05) is 11.4 Å². The lowest BCUT2D eigenvalue weighted by molar-refractivity contribution is -0.118. The third kappa shape index (κ3) is 4.18. The van der Waals surface area contributed by atoms with Crippen molar-refractivity contribution in [1.29, 1.82) is 0 Å². The van der Waals surface area contributed by atoms with E-state index in [0.29, 0.717) is 10.0 Å². The SMILES string of the molecule is NN=CN(C(=O)CN1C(=O)c2ccccc2C1=O)c1ccc(Br)cc1C(=O)c1ccccc1. The van der Waals surface area contributed by atoms with E-state index in [1.165, 1.54) is 12.1 Å². The number of imide groups is 1. The molecule has 9 heteroatoms. The lowest BCUT2D eigenvalue weighted by Crippen LogP contribution is -2.43. The summed E-state index contributed by atoms with van der Waals surface area (Å²) in [6.45, 7) is -0.548. The van der Waals surface area contributed by atoms with Crippen LogP contribution in [0.4, 0.5) is 5.69 Å². The van der Waals surface area contributed by atoms with E-state index >= 15 is 0 Å². The number of benzene rings is 3. The quantitative estimate of drug-likeness (QED) is 0.138. The smallest absolute Gasteiger partial charge is 0.262 e. The van der Waals surface area contributed by atoms with Gasteiger partial charge < -0.3 is 5.84 Å². The van der Waals surface area contributed by atoms with Crippen molar-refractivity contribution in [2.24, 2.45) is 10.9 Å². The van der Waals surface area contributed by atoms with Gasteiger partial charge in [0.1, 0.15) is 12.9 Å². The van der Waals surface area contributed by atoms with E-state index in [2.05, 4.69) is 21.0 Å². The molecular weight excluding hydrogens is 488 g/mol. The first-order chi connectivity index (χ1) is 15.9. The van der Waals surface area contributed by atoms with Crippen LogP contribution in [0, 0.1) is 0 Å². The van der Waals surface area contributed by atoms with Crippen LogP contribution in [0.1, 0.15) is 36.6 Å². The van der Waals surface area contributed by atoms with E-state index in [4.69, 9.17) is 5.84 Å². The zero-order chi connectivity index (χ0) is 23.5. The van der Waals surface area contributed by atoms with Crippen molar-refractivity contribution in [3.63, 3.8) is 0 Å². The van der Waals surface area contributed by atoms with Crippen LogP contribution in [0.2, 0.25) is 0 Å². The summed E-state index contributed by atoms with van der Waals surface area (Å²) in [6.07, 6.45) is 1.05. The molecule has 3 aromatic rings. The number of ketones is 1. The summed E-state index contributed by atoms with van der Waals surface area (Å²) >= 11 is 3.35. The van der Waals surface area contributed by atoms with E-state index in [9.17, 15) is 19.2 Å². The minimum Gasteiger partial charge on any atom is -0.322 e. The normalized spacial score (nSPS) is 12.8. The molecule has 1 heterocycles. The highest BCUT2D eigenvalue weighted by molar-refractivity contribution is 9.10. The Morgan fingerprint density at radius 3 is 2.15 bits per heavy atom. The van der Waals surface area contributed by atoms with Gasteiger partial charge in [0, 0.05) is 15.6 Å². The summed E-state index contributed by atoms with van der Waals surface area (Å²) in [5.41, 5.74) is 1.32. The average Bonchev–Trinajstić information content (AvgIpc) is 3.07. The molecule has 0 aliphatic carbocycles. The Bertz CT molecular complexity index is 1270. The molecule has 0 saturated heterocycles. The Morgan fingerprint density at radius 1 is 0.939 bits per heavy atom. The molecule has 3 aromatic carbocycles. The molecular formula is C24H17BrN4O4. The first-order valence-corrected chi connectivity index (χ1v) is 10.6. The number of rotatable bonds is 6. The van der Waals surface area contributed by atoms with Gasteiger partial charge in [-0.2, -0.15) is 5.10 Å². The highest BCUT2D eigenvalue weighted by Crippen LogP contribution is 2.28. The van der Waals surface area contributed by atoms with Crippen molar-refractivity contribution in [3.8, 4) is 0 Å². The fourth-order valence-electron chi connectivity index (χ4n) is 3.57. The molecule has 8 nitrogen and oxygen atoms in total. The number of hydrazone groups is 1. The van der Waals surface area contributed by atoms with Crippen LogP contribution in [0.25, 0.3) is 0 Å². The van der Waals surface area contributed by atoms with E-state index in [1.54, 1.807) is 60.7 Å². The van der Waals surface area contributed by atoms with Gasteiger partial charge in [0.2, 0.25) is 0 Å². The number of carbonyl (C=O) groups excluding carboxylic acids is 4. The van der Waals surface area contributed by atoms with Gasteiger partial charge in [-0.05, 0) is 30.3 Å². The van der Waals surface area contributed by atoms with E-state index in [-0.39, 0.29) is 28.2 Å². The van der Waals surface area contributed by atoms with E-state index in [0.717, 1.165) is 16.1 Å². The number of anilines is 1. The van der Waals surface area contributed by atoms with Crippen LogP contribution < -0.4 is 10.7 Å². The second kappa shape index (κ2) is 9.17. The number of hydrogen-bond acceptors (Lipinski definition) is 6. The van der Waals surface area contributed by atoms with Gasteiger partial charge in [-0.25, -0.2) is 0 Å². The van der Waals surface area contributed by atoms with Crippen molar-refractivity contribution < 1.29 is 19.2 Å². The first kappa shape index (κ1) is 22.1. The second-order valence-electron chi connectivity index (χ2n) is 7.13. The number of carbonyl (C=O) groups is 4. The summed E-state index contributed by atoms with van der Waals surface area (Å²) in [5, 5.41) is 3.45. The highest BCUT2D eigenvalue weighted by atomic mass is 79.9. The molecule has 2 N–H and O–H groups in total. The van der Waals surface area contributed by atoms with Crippen LogP contribution >= 0.6 is 15.9 Å². The molecule has 0 saturated carbocycles. The number of hydrogen-bond donors (Lipinski definition) is 1. The molecule has 0 spiro atoms.